The zero-order valence-corrected chi connectivity index (χ0v) is 21.2. The molecule has 0 spiro atoms. The topological polar surface area (TPSA) is 87.1 Å². The van der Waals surface area contributed by atoms with Gasteiger partial charge in [0.05, 0.1) is 13.2 Å². The number of ether oxygens (including phenoxy) is 1. The first-order valence-electron chi connectivity index (χ1n) is 12.6. The number of benzene rings is 2. The largest absolute Gasteiger partial charge is 0.493 e. The van der Waals surface area contributed by atoms with Crippen molar-refractivity contribution in [2.75, 3.05) is 6.61 Å². The maximum Gasteiger partial charge on any atom is 0.303 e. The number of unbranched alkanes of at least 4 members (excludes halogenated alkanes) is 2. The molecule has 4 rings (SSSR count). The van der Waals surface area contributed by atoms with E-state index in [1.165, 1.54) is 0 Å². The van der Waals surface area contributed by atoms with E-state index >= 15 is 0 Å². The van der Waals surface area contributed by atoms with Gasteiger partial charge in [-0.3, -0.25) is 9.59 Å². The third-order valence-corrected chi connectivity index (χ3v) is 7.42. The molecular formula is C29H33NO5S. The van der Waals surface area contributed by atoms with Crippen LogP contribution in [0.3, 0.4) is 0 Å². The van der Waals surface area contributed by atoms with Gasteiger partial charge in [0.1, 0.15) is 11.5 Å². The van der Waals surface area contributed by atoms with Crippen LogP contribution in [0.1, 0.15) is 67.3 Å². The molecule has 1 aliphatic rings. The Morgan fingerprint density at radius 2 is 1.69 bits per heavy atom. The fraction of sp³-hybridized carbons (Fsp3) is 0.379. The summed E-state index contributed by atoms with van der Waals surface area (Å²) in [7, 11) is 0. The monoisotopic (exact) mass is 507 g/mol. The van der Waals surface area contributed by atoms with Crippen molar-refractivity contribution in [1.82, 2.24) is 4.90 Å². The van der Waals surface area contributed by atoms with Crippen LogP contribution in [-0.4, -0.2) is 39.3 Å². The van der Waals surface area contributed by atoms with E-state index in [9.17, 15) is 14.7 Å². The molecule has 2 aromatic carbocycles. The van der Waals surface area contributed by atoms with Crippen LogP contribution in [0.15, 0.2) is 65.4 Å². The molecule has 1 heterocycles. The number of para-hydroxylation sites is 1. The van der Waals surface area contributed by atoms with E-state index in [-0.39, 0.29) is 18.9 Å². The van der Waals surface area contributed by atoms with Crippen LogP contribution >= 0.6 is 11.3 Å². The van der Waals surface area contributed by atoms with E-state index in [2.05, 4.69) is 11.4 Å². The number of carbonyl (C=O) groups is 2. The maximum absolute atomic E-state index is 13.7. The minimum Gasteiger partial charge on any atom is -0.493 e. The van der Waals surface area contributed by atoms with Crippen molar-refractivity contribution >= 4 is 23.2 Å². The highest BCUT2D eigenvalue weighted by Gasteiger charge is 2.41. The molecule has 0 unspecified atom stereocenters. The average Bonchev–Trinajstić information content (AvgIpc) is 3.58. The van der Waals surface area contributed by atoms with Gasteiger partial charge in [0.25, 0.3) is 5.91 Å². The lowest BCUT2D eigenvalue weighted by Crippen LogP contribution is -2.49. The summed E-state index contributed by atoms with van der Waals surface area (Å²) in [5.41, 5.74) is 2.38. The minimum absolute atomic E-state index is 0.167. The highest BCUT2D eigenvalue weighted by molar-refractivity contribution is 7.08. The van der Waals surface area contributed by atoms with Gasteiger partial charge in [0.2, 0.25) is 0 Å². The van der Waals surface area contributed by atoms with Gasteiger partial charge in [-0.1, -0.05) is 30.3 Å². The van der Waals surface area contributed by atoms with Crippen molar-refractivity contribution in [1.29, 1.82) is 0 Å². The zero-order chi connectivity index (χ0) is 25.4. The molecule has 1 saturated carbocycles. The molecule has 1 amide bonds. The van der Waals surface area contributed by atoms with Crippen molar-refractivity contribution in [3.63, 3.8) is 0 Å². The number of rotatable bonds is 12. The third kappa shape index (κ3) is 6.53. The summed E-state index contributed by atoms with van der Waals surface area (Å²) in [6.45, 7) is 0.718. The molecule has 0 atom stereocenters. The second-order valence-corrected chi connectivity index (χ2v) is 10.1. The summed E-state index contributed by atoms with van der Waals surface area (Å²) >= 11 is 1.64. The van der Waals surface area contributed by atoms with E-state index < -0.39 is 11.7 Å². The molecule has 0 aliphatic heterocycles. The molecule has 1 aromatic heterocycles. The molecule has 1 aliphatic carbocycles. The molecule has 36 heavy (non-hydrogen) atoms. The quantitative estimate of drug-likeness (QED) is 0.221. The van der Waals surface area contributed by atoms with Crippen LogP contribution in [0.4, 0.5) is 0 Å². The van der Waals surface area contributed by atoms with Crippen LogP contribution in [0.2, 0.25) is 0 Å². The van der Waals surface area contributed by atoms with E-state index in [0.29, 0.717) is 37.2 Å². The van der Waals surface area contributed by atoms with E-state index in [1.807, 2.05) is 53.9 Å². The standard InChI is InChI=1S/C29H33NO5S/c31-27(32)10-2-1-7-18-35-26-9-4-3-8-24(26)20-30(29(34)16-5-6-17-29)28(33)23-13-11-22(12-14-23)25-15-19-36-21-25/h3-4,8-9,11-15,19,21,34H,1-2,5-7,10,16-18,20H2,(H,31,32). The summed E-state index contributed by atoms with van der Waals surface area (Å²) < 4.78 is 6.02. The van der Waals surface area contributed by atoms with Crippen LogP contribution in [0.5, 0.6) is 5.75 Å². The Kier molecular flexibility index (Phi) is 8.78. The van der Waals surface area contributed by atoms with Gasteiger partial charge in [0, 0.05) is 17.5 Å². The smallest absolute Gasteiger partial charge is 0.303 e. The summed E-state index contributed by atoms with van der Waals surface area (Å²) in [5.74, 6) is -0.292. The number of amides is 1. The van der Waals surface area contributed by atoms with E-state index in [1.54, 1.807) is 16.2 Å². The lowest BCUT2D eigenvalue weighted by atomic mass is 10.0. The Hall–Kier alpha value is -3.16. The lowest BCUT2D eigenvalue weighted by Gasteiger charge is -2.37. The lowest BCUT2D eigenvalue weighted by molar-refractivity contribution is -0.137. The predicted octanol–water partition coefficient (Wildman–Crippen LogP) is 6.34. The number of aliphatic carboxylic acids is 1. The fourth-order valence-electron chi connectivity index (χ4n) is 4.69. The van der Waals surface area contributed by atoms with Gasteiger partial charge in [0.15, 0.2) is 0 Å². The van der Waals surface area contributed by atoms with Crippen molar-refractivity contribution in [2.24, 2.45) is 0 Å². The van der Waals surface area contributed by atoms with Gasteiger partial charge >= 0.3 is 5.97 Å². The molecular weight excluding hydrogens is 474 g/mol. The van der Waals surface area contributed by atoms with Crippen molar-refractivity contribution in [3.8, 4) is 16.9 Å². The third-order valence-electron chi connectivity index (χ3n) is 6.73. The van der Waals surface area contributed by atoms with Crippen molar-refractivity contribution in [2.45, 2.75) is 63.6 Å². The van der Waals surface area contributed by atoms with Crippen molar-refractivity contribution in [3.05, 3.63) is 76.5 Å². The number of carboxylic acids is 1. The number of hydrogen-bond donors (Lipinski definition) is 2. The number of aliphatic hydroxyl groups is 1. The van der Waals surface area contributed by atoms with Gasteiger partial charge in [-0.2, -0.15) is 11.3 Å². The molecule has 2 N–H and O–H groups in total. The molecule has 1 fully saturated rings. The molecule has 0 radical (unpaired) electrons. The first kappa shape index (κ1) is 25.9. The second kappa shape index (κ2) is 12.2. The maximum atomic E-state index is 13.7. The predicted molar refractivity (Wildman–Crippen MR) is 141 cm³/mol. The summed E-state index contributed by atoms with van der Waals surface area (Å²) in [6.07, 6.45) is 5.20. The molecule has 7 heteroatoms. The molecule has 6 nitrogen and oxygen atoms in total. The minimum atomic E-state index is -1.19. The van der Waals surface area contributed by atoms with Crippen LogP contribution < -0.4 is 4.74 Å². The normalized spacial score (nSPS) is 14.5. The molecule has 190 valence electrons. The first-order chi connectivity index (χ1) is 17.5. The second-order valence-electron chi connectivity index (χ2n) is 9.33. The van der Waals surface area contributed by atoms with Crippen LogP contribution in [0.25, 0.3) is 11.1 Å². The molecule has 3 aromatic rings. The Balaban J connectivity index is 1.49. The Morgan fingerprint density at radius 1 is 0.944 bits per heavy atom. The van der Waals surface area contributed by atoms with Crippen LogP contribution in [0, 0.1) is 0 Å². The first-order valence-corrected chi connectivity index (χ1v) is 13.5. The van der Waals surface area contributed by atoms with Gasteiger partial charge in [-0.15, -0.1) is 0 Å². The highest BCUT2D eigenvalue weighted by atomic mass is 32.1. The average molecular weight is 508 g/mol. The molecule has 0 saturated heterocycles. The summed E-state index contributed by atoms with van der Waals surface area (Å²) in [5, 5.41) is 24.4. The number of carboxylic acid groups (broad SMARTS) is 1. The number of hydrogen-bond acceptors (Lipinski definition) is 5. The highest BCUT2D eigenvalue weighted by Crippen LogP contribution is 2.36. The molecule has 0 bridgehead atoms. The Bertz CT molecular complexity index is 1140. The van der Waals surface area contributed by atoms with E-state index in [0.717, 1.165) is 42.4 Å². The van der Waals surface area contributed by atoms with Gasteiger partial charge < -0.3 is 19.8 Å². The Labute approximate surface area is 216 Å². The number of nitrogens with zero attached hydrogens (tertiary/aromatic N) is 1. The van der Waals surface area contributed by atoms with E-state index in [4.69, 9.17) is 9.84 Å². The van der Waals surface area contributed by atoms with Crippen LogP contribution in [-0.2, 0) is 11.3 Å². The number of thiophene rings is 1. The zero-order valence-electron chi connectivity index (χ0n) is 20.4. The SMILES string of the molecule is O=C(O)CCCCCOc1ccccc1CN(C(=O)c1ccc(-c2ccsc2)cc1)C1(O)CCCC1. The number of carbonyl (C=O) groups excluding carboxylic acids is 1. The summed E-state index contributed by atoms with van der Waals surface area (Å²) in [4.78, 5) is 26.0. The van der Waals surface area contributed by atoms with Gasteiger partial charge in [-0.25, -0.2) is 0 Å². The fourth-order valence-corrected chi connectivity index (χ4v) is 5.36. The summed E-state index contributed by atoms with van der Waals surface area (Å²) in [6, 6.07) is 17.2. The Morgan fingerprint density at radius 3 is 2.39 bits per heavy atom. The van der Waals surface area contributed by atoms with Gasteiger partial charge in [-0.05, 0) is 91.1 Å². The van der Waals surface area contributed by atoms with Crippen molar-refractivity contribution < 1.29 is 24.5 Å².